The molecule has 0 aliphatic heterocycles. The molecule has 1 aromatic heterocycles. The number of benzene rings is 1. The van der Waals surface area contributed by atoms with E-state index in [4.69, 9.17) is 16.3 Å². The summed E-state index contributed by atoms with van der Waals surface area (Å²) >= 11 is 5.77. The summed E-state index contributed by atoms with van der Waals surface area (Å²) in [6.45, 7) is 4.67. The number of hydrogen-bond donors (Lipinski definition) is 0. The summed E-state index contributed by atoms with van der Waals surface area (Å²) in [5, 5.41) is 1.10. The van der Waals surface area contributed by atoms with Crippen molar-refractivity contribution in [3.05, 3.63) is 36.0 Å². The van der Waals surface area contributed by atoms with Gasteiger partial charge < -0.3 is 4.74 Å². The van der Waals surface area contributed by atoms with Crippen molar-refractivity contribution in [1.82, 2.24) is 4.98 Å². The molecule has 1 unspecified atom stereocenters. The number of nitrogens with zero attached hydrogens (tertiary/aromatic N) is 1. The second-order valence-electron chi connectivity index (χ2n) is 4.35. The maximum atomic E-state index is 5.78. The van der Waals surface area contributed by atoms with Gasteiger partial charge in [0.2, 0.25) is 0 Å². The number of fused-ring (bicyclic) bond motifs is 1. The number of halogens is 1. The molecule has 0 spiro atoms. The zero-order chi connectivity index (χ0) is 12.3. The lowest BCUT2D eigenvalue weighted by atomic mass is 10.2. The molecule has 0 bridgehead atoms. The summed E-state index contributed by atoms with van der Waals surface area (Å²) in [4.78, 5) is 4.52. The molecule has 0 saturated heterocycles. The molecule has 17 heavy (non-hydrogen) atoms. The third-order valence-corrected chi connectivity index (χ3v) is 3.14. The van der Waals surface area contributed by atoms with E-state index in [9.17, 15) is 0 Å². The van der Waals surface area contributed by atoms with Crippen molar-refractivity contribution in [2.24, 2.45) is 5.92 Å². The van der Waals surface area contributed by atoms with E-state index in [0.717, 1.165) is 22.3 Å². The Morgan fingerprint density at radius 2 is 2.12 bits per heavy atom. The third-order valence-electron chi connectivity index (χ3n) is 2.61. The Morgan fingerprint density at radius 3 is 2.88 bits per heavy atom. The number of rotatable bonds is 4. The van der Waals surface area contributed by atoms with Gasteiger partial charge in [-0.2, -0.15) is 0 Å². The van der Waals surface area contributed by atoms with E-state index in [1.807, 2.05) is 31.2 Å². The number of aromatic nitrogens is 1. The Morgan fingerprint density at radius 1 is 1.29 bits per heavy atom. The molecule has 90 valence electrons. The van der Waals surface area contributed by atoms with Crippen LogP contribution in [0.25, 0.3) is 10.9 Å². The van der Waals surface area contributed by atoms with Crippen LogP contribution in [0.4, 0.5) is 0 Å². The van der Waals surface area contributed by atoms with Crippen LogP contribution in [-0.4, -0.2) is 17.5 Å². The molecular formula is C14H16ClNO. The molecule has 2 rings (SSSR count). The van der Waals surface area contributed by atoms with Crippen LogP contribution < -0.4 is 4.74 Å². The van der Waals surface area contributed by atoms with Gasteiger partial charge in [0.1, 0.15) is 11.3 Å². The van der Waals surface area contributed by atoms with E-state index in [1.54, 1.807) is 0 Å². The molecule has 0 N–H and O–H groups in total. The molecule has 0 radical (unpaired) electrons. The average molecular weight is 250 g/mol. The molecule has 2 nitrogen and oxygen atoms in total. The number of pyridine rings is 1. The van der Waals surface area contributed by atoms with E-state index in [2.05, 4.69) is 18.0 Å². The van der Waals surface area contributed by atoms with E-state index in [1.165, 1.54) is 0 Å². The topological polar surface area (TPSA) is 22.1 Å². The molecule has 3 heteroatoms. The second-order valence-corrected chi connectivity index (χ2v) is 4.66. The zero-order valence-corrected chi connectivity index (χ0v) is 10.9. The molecule has 0 saturated carbocycles. The Labute approximate surface area is 107 Å². The van der Waals surface area contributed by atoms with Crippen molar-refractivity contribution >= 4 is 22.5 Å². The van der Waals surface area contributed by atoms with Gasteiger partial charge in [-0.25, -0.2) is 4.98 Å². The highest BCUT2D eigenvalue weighted by atomic mass is 35.5. The highest BCUT2D eigenvalue weighted by Gasteiger charge is 2.06. The fraction of sp³-hybridized carbons (Fsp3) is 0.357. The number of hydrogen-bond acceptors (Lipinski definition) is 2. The molecule has 1 aromatic carbocycles. The van der Waals surface area contributed by atoms with E-state index in [0.29, 0.717) is 18.4 Å². The van der Waals surface area contributed by atoms with Crippen molar-refractivity contribution < 1.29 is 4.74 Å². The zero-order valence-electron chi connectivity index (χ0n) is 10.1. The Hall–Kier alpha value is -1.28. The summed E-state index contributed by atoms with van der Waals surface area (Å²) < 4.78 is 5.78. The SMILES string of the molecule is Cc1ccc2cccc(OCC(C)CCl)c2n1. The van der Waals surface area contributed by atoms with Gasteiger partial charge in [-0.05, 0) is 19.1 Å². The van der Waals surface area contributed by atoms with E-state index < -0.39 is 0 Å². The molecule has 0 fully saturated rings. The number of ether oxygens (including phenoxy) is 1. The van der Waals surface area contributed by atoms with E-state index >= 15 is 0 Å². The molecule has 2 aromatic rings. The summed E-state index contributed by atoms with van der Waals surface area (Å²) in [7, 11) is 0. The Balaban J connectivity index is 2.30. The van der Waals surface area contributed by atoms with Gasteiger partial charge in [-0.3, -0.25) is 0 Å². The van der Waals surface area contributed by atoms with Gasteiger partial charge in [0.25, 0.3) is 0 Å². The predicted molar refractivity (Wildman–Crippen MR) is 71.9 cm³/mol. The molecule has 0 aliphatic carbocycles. The number of aryl methyl sites for hydroxylation is 1. The van der Waals surface area contributed by atoms with Gasteiger partial charge in [0, 0.05) is 22.9 Å². The van der Waals surface area contributed by atoms with Gasteiger partial charge in [-0.1, -0.05) is 25.1 Å². The largest absolute Gasteiger partial charge is 0.491 e. The summed E-state index contributed by atoms with van der Waals surface area (Å²) in [6.07, 6.45) is 0. The standard InChI is InChI=1S/C14H16ClNO/c1-10(8-15)9-17-13-5-3-4-12-7-6-11(2)16-14(12)13/h3-7,10H,8-9H2,1-2H3. The van der Waals surface area contributed by atoms with Crippen LogP contribution >= 0.6 is 11.6 Å². The van der Waals surface area contributed by atoms with Gasteiger partial charge in [0.05, 0.1) is 6.61 Å². The fourth-order valence-corrected chi connectivity index (χ4v) is 1.70. The van der Waals surface area contributed by atoms with E-state index in [-0.39, 0.29) is 0 Å². The Kier molecular flexibility index (Phi) is 3.85. The fourth-order valence-electron chi connectivity index (χ4n) is 1.61. The lowest BCUT2D eigenvalue weighted by Crippen LogP contribution is -2.10. The van der Waals surface area contributed by atoms with Crippen LogP contribution in [0.1, 0.15) is 12.6 Å². The molecule has 1 heterocycles. The first kappa shape index (κ1) is 12.2. The first-order valence-electron chi connectivity index (χ1n) is 5.76. The average Bonchev–Trinajstić information content (AvgIpc) is 2.35. The van der Waals surface area contributed by atoms with Gasteiger partial charge in [-0.15, -0.1) is 11.6 Å². The minimum absolute atomic E-state index is 0.344. The molecule has 1 atom stereocenters. The van der Waals surface area contributed by atoms with Crippen LogP contribution in [0.3, 0.4) is 0 Å². The second kappa shape index (κ2) is 5.37. The minimum Gasteiger partial charge on any atom is -0.491 e. The lowest BCUT2D eigenvalue weighted by Gasteiger charge is -2.12. The Bertz CT molecular complexity index is 513. The van der Waals surface area contributed by atoms with Crippen molar-refractivity contribution in [1.29, 1.82) is 0 Å². The smallest absolute Gasteiger partial charge is 0.145 e. The van der Waals surface area contributed by atoms with Crippen LogP contribution in [-0.2, 0) is 0 Å². The normalized spacial score (nSPS) is 12.6. The summed E-state index contributed by atoms with van der Waals surface area (Å²) in [6, 6.07) is 10.1. The quantitative estimate of drug-likeness (QED) is 0.769. The van der Waals surface area contributed by atoms with Crippen LogP contribution in [0.15, 0.2) is 30.3 Å². The highest BCUT2D eigenvalue weighted by Crippen LogP contribution is 2.24. The number of alkyl halides is 1. The summed E-state index contributed by atoms with van der Waals surface area (Å²) in [5.41, 5.74) is 1.92. The molecule has 0 aliphatic rings. The third kappa shape index (κ3) is 2.89. The van der Waals surface area contributed by atoms with Crippen molar-refractivity contribution in [2.75, 3.05) is 12.5 Å². The molecular weight excluding hydrogens is 234 g/mol. The number of para-hydroxylation sites is 1. The molecule has 0 amide bonds. The van der Waals surface area contributed by atoms with Gasteiger partial charge >= 0.3 is 0 Å². The van der Waals surface area contributed by atoms with Crippen molar-refractivity contribution in [3.63, 3.8) is 0 Å². The highest BCUT2D eigenvalue weighted by molar-refractivity contribution is 6.18. The van der Waals surface area contributed by atoms with Gasteiger partial charge in [0.15, 0.2) is 0 Å². The summed E-state index contributed by atoms with van der Waals surface area (Å²) in [5.74, 6) is 1.79. The predicted octanol–water partition coefficient (Wildman–Crippen LogP) is 3.80. The van der Waals surface area contributed by atoms with Crippen LogP contribution in [0.5, 0.6) is 5.75 Å². The van der Waals surface area contributed by atoms with Crippen molar-refractivity contribution in [3.8, 4) is 5.75 Å². The minimum atomic E-state index is 0.344. The van der Waals surface area contributed by atoms with Crippen LogP contribution in [0.2, 0.25) is 0 Å². The maximum absolute atomic E-state index is 5.78. The first-order chi connectivity index (χ1) is 8.20. The first-order valence-corrected chi connectivity index (χ1v) is 6.29. The van der Waals surface area contributed by atoms with Crippen LogP contribution in [0, 0.1) is 12.8 Å². The van der Waals surface area contributed by atoms with Crippen molar-refractivity contribution in [2.45, 2.75) is 13.8 Å². The maximum Gasteiger partial charge on any atom is 0.145 e. The lowest BCUT2D eigenvalue weighted by molar-refractivity contribution is 0.275. The monoisotopic (exact) mass is 249 g/mol.